The Bertz CT molecular complexity index is 951. The summed E-state index contributed by atoms with van der Waals surface area (Å²) in [6.45, 7) is 0. The van der Waals surface area contributed by atoms with Gasteiger partial charge in [-0.05, 0) is 43.0 Å². The van der Waals surface area contributed by atoms with Crippen LogP contribution in [0, 0.1) is 22.8 Å². The van der Waals surface area contributed by atoms with E-state index < -0.39 is 5.41 Å². The molecule has 24 heavy (non-hydrogen) atoms. The van der Waals surface area contributed by atoms with E-state index in [-0.39, 0.29) is 0 Å². The minimum absolute atomic E-state index is 0.456. The number of nitriles is 2. The van der Waals surface area contributed by atoms with Gasteiger partial charge in [-0.3, -0.25) is 0 Å². The normalized spacial score (nSPS) is 23.6. The summed E-state index contributed by atoms with van der Waals surface area (Å²) in [5.41, 5.74) is 4.67. The summed E-state index contributed by atoms with van der Waals surface area (Å²) >= 11 is 0. The Morgan fingerprint density at radius 3 is 2.79 bits per heavy atom. The molecule has 5 heteroatoms. The Balaban J connectivity index is 1.97. The van der Waals surface area contributed by atoms with Gasteiger partial charge in [0.1, 0.15) is 11.8 Å². The molecular formula is C19H15N5. The maximum Gasteiger partial charge on any atom is 0.205 e. The Labute approximate surface area is 140 Å². The van der Waals surface area contributed by atoms with Crippen molar-refractivity contribution in [1.82, 2.24) is 4.98 Å². The Morgan fingerprint density at radius 1 is 1.12 bits per heavy atom. The van der Waals surface area contributed by atoms with Crippen LogP contribution in [0.2, 0.25) is 0 Å². The summed E-state index contributed by atoms with van der Waals surface area (Å²) in [7, 11) is 0. The topological polar surface area (TPSA) is 88.1 Å². The van der Waals surface area contributed by atoms with E-state index in [1.54, 1.807) is 6.07 Å². The highest BCUT2D eigenvalue weighted by molar-refractivity contribution is 6.26. The van der Waals surface area contributed by atoms with Gasteiger partial charge in [-0.1, -0.05) is 24.6 Å². The quantitative estimate of drug-likeness (QED) is 0.812. The molecule has 1 aliphatic heterocycles. The van der Waals surface area contributed by atoms with E-state index >= 15 is 0 Å². The number of H-pyrrole nitrogens is 1. The average molecular weight is 313 g/mol. The summed E-state index contributed by atoms with van der Waals surface area (Å²) in [5.74, 6) is 0. The molecule has 0 radical (unpaired) electrons. The molecule has 1 unspecified atom stereocenters. The van der Waals surface area contributed by atoms with E-state index in [2.05, 4.69) is 22.1 Å². The lowest BCUT2D eigenvalue weighted by molar-refractivity contribution is 0.560. The number of hydrogen-bond acceptors (Lipinski definition) is 4. The molecule has 0 bridgehead atoms. The molecule has 2 aromatic rings. The first kappa shape index (κ1) is 14.4. The number of hydrogen-bond donors (Lipinski definition) is 1. The first-order valence-corrected chi connectivity index (χ1v) is 8.04. The minimum atomic E-state index is -0.456. The summed E-state index contributed by atoms with van der Waals surface area (Å²) in [5, 5.41) is 18.3. The molecule has 2 aliphatic rings. The lowest BCUT2D eigenvalue weighted by atomic mass is 9.65. The standard InChI is InChI=1S/C19H15N5/c20-11-13-8-9-16(23-13)18-19(10-4-3-7-17(19)22-12-21)14-5-1-2-6-15(14)24-18/h1-2,5-6,8-9,23H,3-4,7,10H2/b22-17-. The molecule has 1 saturated carbocycles. The number of rotatable bonds is 1. The van der Waals surface area contributed by atoms with Gasteiger partial charge in [0.2, 0.25) is 6.19 Å². The van der Waals surface area contributed by atoms with Crippen LogP contribution in [-0.4, -0.2) is 16.4 Å². The molecule has 1 fully saturated rings. The smallest absolute Gasteiger partial charge is 0.205 e. The van der Waals surface area contributed by atoms with Crippen molar-refractivity contribution in [2.24, 2.45) is 9.98 Å². The highest BCUT2D eigenvalue weighted by atomic mass is 14.9. The fourth-order valence-corrected chi connectivity index (χ4v) is 3.96. The maximum atomic E-state index is 9.18. The number of nitrogens with one attached hydrogen (secondary N) is 1. The van der Waals surface area contributed by atoms with Gasteiger partial charge in [0.25, 0.3) is 0 Å². The van der Waals surface area contributed by atoms with Crippen LogP contribution in [0.5, 0.6) is 0 Å². The molecule has 1 spiro atoms. The van der Waals surface area contributed by atoms with E-state index in [9.17, 15) is 5.26 Å². The molecule has 5 nitrogen and oxygen atoms in total. The summed E-state index contributed by atoms with van der Waals surface area (Å²) < 4.78 is 0. The van der Waals surface area contributed by atoms with Crippen molar-refractivity contribution in [3.8, 4) is 12.3 Å². The van der Waals surface area contributed by atoms with Crippen molar-refractivity contribution >= 4 is 17.1 Å². The van der Waals surface area contributed by atoms with Crippen LogP contribution in [0.3, 0.4) is 0 Å². The molecule has 116 valence electrons. The molecule has 0 saturated heterocycles. The highest BCUT2D eigenvalue weighted by Crippen LogP contribution is 2.49. The minimum Gasteiger partial charge on any atom is -0.345 e. The second-order valence-corrected chi connectivity index (χ2v) is 6.15. The van der Waals surface area contributed by atoms with Gasteiger partial charge in [-0.2, -0.15) is 15.5 Å². The van der Waals surface area contributed by atoms with Crippen LogP contribution in [0.25, 0.3) is 0 Å². The Morgan fingerprint density at radius 2 is 2.00 bits per heavy atom. The molecule has 4 rings (SSSR count). The first-order chi connectivity index (χ1) is 11.8. The lowest BCUT2D eigenvalue weighted by Crippen LogP contribution is -2.44. The van der Waals surface area contributed by atoms with Gasteiger partial charge in [0.15, 0.2) is 0 Å². The van der Waals surface area contributed by atoms with Crippen LogP contribution in [-0.2, 0) is 5.41 Å². The van der Waals surface area contributed by atoms with E-state index in [1.807, 2.05) is 30.5 Å². The highest BCUT2D eigenvalue weighted by Gasteiger charge is 2.49. The molecule has 2 heterocycles. The van der Waals surface area contributed by atoms with Crippen molar-refractivity contribution in [3.05, 3.63) is 53.3 Å². The first-order valence-electron chi connectivity index (χ1n) is 8.04. The van der Waals surface area contributed by atoms with Crippen molar-refractivity contribution < 1.29 is 0 Å². The van der Waals surface area contributed by atoms with Crippen LogP contribution in [0.15, 0.2) is 46.4 Å². The molecule has 1 atom stereocenters. The van der Waals surface area contributed by atoms with Gasteiger partial charge < -0.3 is 4.98 Å². The third kappa shape index (κ3) is 1.92. The third-order valence-corrected chi connectivity index (χ3v) is 4.95. The fraction of sp³-hybridized carbons (Fsp3) is 0.263. The van der Waals surface area contributed by atoms with Gasteiger partial charge in [0, 0.05) is 5.71 Å². The van der Waals surface area contributed by atoms with Gasteiger partial charge in [0.05, 0.1) is 22.5 Å². The summed E-state index contributed by atoms with van der Waals surface area (Å²) in [6.07, 6.45) is 5.75. The molecule has 0 amide bonds. The Kier molecular flexibility index (Phi) is 3.29. The van der Waals surface area contributed by atoms with Gasteiger partial charge >= 0.3 is 0 Å². The summed E-state index contributed by atoms with van der Waals surface area (Å²) in [6, 6.07) is 13.8. The molecule has 1 aromatic carbocycles. The predicted octanol–water partition coefficient (Wildman–Crippen LogP) is 3.75. The van der Waals surface area contributed by atoms with Crippen molar-refractivity contribution in [3.63, 3.8) is 0 Å². The number of fused-ring (bicyclic) bond motifs is 2. The molecule has 1 N–H and O–H groups in total. The van der Waals surface area contributed by atoms with Crippen molar-refractivity contribution in [1.29, 1.82) is 10.5 Å². The summed E-state index contributed by atoms with van der Waals surface area (Å²) in [4.78, 5) is 12.2. The van der Waals surface area contributed by atoms with Gasteiger partial charge in [-0.25, -0.2) is 4.99 Å². The van der Waals surface area contributed by atoms with Crippen molar-refractivity contribution in [2.75, 3.05) is 0 Å². The zero-order valence-electron chi connectivity index (χ0n) is 13.1. The van der Waals surface area contributed by atoms with E-state index in [1.165, 1.54) is 0 Å². The van der Waals surface area contributed by atoms with Crippen LogP contribution >= 0.6 is 0 Å². The maximum absolute atomic E-state index is 9.18. The lowest BCUT2D eigenvalue weighted by Gasteiger charge is -2.36. The van der Waals surface area contributed by atoms with Gasteiger partial charge in [-0.15, -0.1) is 0 Å². The average Bonchev–Trinajstić information content (AvgIpc) is 3.21. The monoisotopic (exact) mass is 313 g/mol. The molecular weight excluding hydrogens is 298 g/mol. The number of nitrogens with zero attached hydrogens (tertiary/aromatic N) is 4. The number of aromatic nitrogens is 1. The predicted molar refractivity (Wildman–Crippen MR) is 91.3 cm³/mol. The molecule has 1 aromatic heterocycles. The van der Waals surface area contributed by atoms with Crippen LogP contribution in [0.4, 0.5) is 5.69 Å². The third-order valence-electron chi connectivity index (χ3n) is 4.95. The number of para-hydroxylation sites is 1. The number of aliphatic imine (C=N–C) groups is 2. The van der Waals surface area contributed by atoms with E-state index in [0.717, 1.165) is 54.1 Å². The number of benzene rings is 1. The van der Waals surface area contributed by atoms with Crippen LogP contribution < -0.4 is 0 Å². The largest absolute Gasteiger partial charge is 0.345 e. The fourth-order valence-electron chi connectivity index (χ4n) is 3.96. The molecule has 1 aliphatic carbocycles. The van der Waals surface area contributed by atoms with E-state index in [4.69, 9.17) is 10.3 Å². The van der Waals surface area contributed by atoms with Crippen LogP contribution in [0.1, 0.15) is 42.6 Å². The number of aromatic amines is 1. The zero-order valence-corrected chi connectivity index (χ0v) is 13.1. The zero-order chi connectivity index (χ0) is 16.6. The van der Waals surface area contributed by atoms with Crippen molar-refractivity contribution in [2.45, 2.75) is 31.1 Å². The van der Waals surface area contributed by atoms with E-state index in [0.29, 0.717) is 5.69 Å². The Hall–Kier alpha value is -3.18. The second-order valence-electron chi connectivity index (χ2n) is 6.15. The SMILES string of the molecule is N#C/N=C1/CCCCC12C(c1ccc(C#N)[nH]1)=Nc1ccccc12. The second kappa shape index (κ2) is 5.47.